The van der Waals surface area contributed by atoms with Crippen LogP contribution >= 0.6 is 0 Å². The zero-order valence-corrected chi connectivity index (χ0v) is 15.1. The van der Waals surface area contributed by atoms with Crippen molar-refractivity contribution in [2.75, 3.05) is 0 Å². The fraction of sp³-hybridized carbons (Fsp3) is 0.882. The van der Waals surface area contributed by atoms with Crippen LogP contribution in [-0.4, -0.2) is 40.6 Å². The highest BCUT2D eigenvalue weighted by Crippen LogP contribution is 2.27. The summed E-state index contributed by atoms with van der Waals surface area (Å²) in [6, 6.07) is -0.794. The van der Waals surface area contributed by atoms with E-state index >= 15 is 0 Å². The number of aliphatic hydroxyl groups excluding tert-OH is 1. The minimum Gasteiger partial charge on any atom is -0.391 e. The van der Waals surface area contributed by atoms with Crippen LogP contribution in [0.5, 0.6) is 0 Å². The van der Waals surface area contributed by atoms with E-state index in [9.17, 15) is 14.7 Å². The van der Waals surface area contributed by atoms with Crippen molar-refractivity contribution in [1.82, 2.24) is 10.6 Å². The highest BCUT2D eigenvalue weighted by Gasteiger charge is 2.34. The topological polar surface area (TPSA) is 104 Å². The number of carbonyl (C=O) groups is 2. The van der Waals surface area contributed by atoms with Gasteiger partial charge in [-0.05, 0) is 51.9 Å². The summed E-state index contributed by atoms with van der Waals surface area (Å²) in [5.74, 6) is -0.187. The lowest BCUT2D eigenvalue weighted by Crippen LogP contribution is -2.52. The molecular formula is C17H33N3O3. The number of aliphatic hydroxyl groups is 1. The fourth-order valence-corrected chi connectivity index (χ4v) is 2.97. The number of amides is 2. The van der Waals surface area contributed by atoms with E-state index in [4.69, 9.17) is 5.73 Å². The Balaban J connectivity index is 2.62. The summed E-state index contributed by atoms with van der Waals surface area (Å²) in [6.07, 6.45) is 1.65. The van der Waals surface area contributed by atoms with Gasteiger partial charge in [-0.2, -0.15) is 0 Å². The summed E-state index contributed by atoms with van der Waals surface area (Å²) < 4.78 is 0. The predicted octanol–water partition coefficient (Wildman–Crippen LogP) is 0.920. The van der Waals surface area contributed by atoms with Crippen LogP contribution in [0.3, 0.4) is 0 Å². The molecule has 0 saturated heterocycles. The highest BCUT2D eigenvalue weighted by molar-refractivity contribution is 5.88. The van der Waals surface area contributed by atoms with Gasteiger partial charge in [-0.15, -0.1) is 0 Å². The molecule has 23 heavy (non-hydrogen) atoms. The number of hydrogen-bond acceptors (Lipinski definition) is 4. The molecule has 0 aromatic carbocycles. The van der Waals surface area contributed by atoms with Crippen molar-refractivity contribution >= 4 is 11.8 Å². The molecule has 1 rings (SSSR count). The average molecular weight is 327 g/mol. The molecule has 5 N–H and O–H groups in total. The second kappa shape index (κ2) is 8.11. The lowest BCUT2D eigenvalue weighted by molar-refractivity contribution is -0.131. The first-order valence-electron chi connectivity index (χ1n) is 8.54. The van der Waals surface area contributed by atoms with Gasteiger partial charge >= 0.3 is 0 Å². The van der Waals surface area contributed by atoms with Crippen LogP contribution in [0.1, 0.15) is 60.3 Å². The molecule has 1 aliphatic rings. The molecule has 6 heteroatoms. The standard InChI is InChI=1S/C17H33N3O3/c1-10(2)8-13(16(23)20-17(3,4)5)19-14(21)9-11-6-7-12(18)15(11)22/h10-13,15,22H,6-9,18H2,1-5H3,(H,19,21)(H,20,23)/t11?,12?,13-,15?/m0/s1. The third kappa shape index (κ3) is 6.87. The Labute approximate surface area is 139 Å². The van der Waals surface area contributed by atoms with E-state index in [0.717, 1.165) is 12.8 Å². The number of nitrogens with two attached hydrogens (primary N) is 1. The molecule has 3 unspecified atom stereocenters. The maximum Gasteiger partial charge on any atom is 0.242 e. The van der Waals surface area contributed by atoms with Gasteiger partial charge in [0.25, 0.3) is 0 Å². The second-order valence-corrected chi connectivity index (χ2v) is 8.18. The Bertz CT molecular complexity index is 418. The molecule has 0 heterocycles. The number of carbonyl (C=O) groups excluding carboxylic acids is 2. The fourth-order valence-electron chi connectivity index (χ4n) is 2.97. The molecular weight excluding hydrogens is 294 g/mol. The Morgan fingerprint density at radius 2 is 1.87 bits per heavy atom. The molecule has 1 fully saturated rings. The van der Waals surface area contributed by atoms with Gasteiger partial charge in [0.15, 0.2) is 0 Å². The molecule has 1 saturated carbocycles. The van der Waals surface area contributed by atoms with Crippen molar-refractivity contribution in [1.29, 1.82) is 0 Å². The molecule has 1 aliphatic carbocycles. The highest BCUT2D eigenvalue weighted by atomic mass is 16.3. The minimum absolute atomic E-state index is 0.115. The van der Waals surface area contributed by atoms with Gasteiger partial charge < -0.3 is 21.5 Å². The van der Waals surface area contributed by atoms with Crippen LogP contribution in [0.4, 0.5) is 0 Å². The molecule has 0 aliphatic heterocycles. The third-order valence-corrected chi connectivity index (χ3v) is 4.10. The Kier molecular flexibility index (Phi) is 7.02. The lowest BCUT2D eigenvalue weighted by Gasteiger charge is -2.27. The van der Waals surface area contributed by atoms with E-state index in [1.165, 1.54) is 0 Å². The van der Waals surface area contributed by atoms with Crippen LogP contribution in [0.2, 0.25) is 0 Å². The van der Waals surface area contributed by atoms with Crippen molar-refractivity contribution < 1.29 is 14.7 Å². The molecule has 0 aromatic heterocycles. The summed E-state index contributed by atoms with van der Waals surface area (Å²) in [7, 11) is 0. The summed E-state index contributed by atoms with van der Waals surface area (Å²) in [5, 5.41) is 15.7. The second-order valence-electron chi connectivity index (χ2n) is 8.18. The Morgan fingerprint density at radius 3 is 2.30 bits per heavy atom. The first-order valence-corrected chi connectivity index (χ1v) is 8.54. The zero-order chi connectivity index (χ0) is 17.8. The van der Waals surface area contributed by atoms with Crippen molar-refractivity contribution in [3.8, 4) is 0 Å². The first kappa shape index (κ1) is 19.9. The van der Waals surface area contributed by atoms with E-state index < -0.39 is 12.1 Å². The SMILES string of the molecule is CC(C)C[C@H](NC(=O)CC1CCC(N)C1O)C(=O)NC(C)(C)C. The Morgan fingerprint density at radius 1 is 1.26 bits per heavy atom. The third-order valence-electron chi connectivity index (χ3n) is 4.10. The van der Waals surface area contributed by atoms with Crippen LogP contribution < -0.4 is 16.4 Å². The van der Waals surface area contributed by atoms with Crippen LogP contribution in [-0.2, 0) is 9.59 Å². The molecule has 134 valence electrons. The quantitative estimate of drug-likeness (QED) is 0.582. The summed E-state index contributed by atoms with van der Waals surface area (Å²) in [6.45, 7) is 9.77. The van der Waals surface area contributed by atoms with Crippen molar-refractivity contribution in [3.63, 3.8) is 0 Å². The minimum atomic E-state index is -0.632. The van der Waals surface area contributed by atoms with E-state index in [1.807, 2.05) is 34.6 Å². The van der Waals surface area contributed by atoms with Crippen molar-refractivity contribution in [3.05, 3.63) is 0 Å². The molecule has 6 nitrogen and oxygen atoms in total. The number of rotatable bonds is 6. The predicted molar refractivity (Wildman–Crippen MR) is 90.6 cm³/mol. The normalized spacial score (nSPS) is 26.2. The van der Waals surface area contributed by atoms with Gasteiger partial charge in [-0.3, -0.25) is 9.59 Å². The lowest BCUT2D eigenvalue weighted by atomic mass is 9.98. The average Bonchev–Trinajstić information content (AvgIpc) is 2.67. The smallest absolute Gasteiger partial charge is 0.242 e. The zero-order valence-electron chi connectivity index (χ0n) is 15.1. The van der Waals surface area contributed by atoms with Crippen molar-refractivity contribution in [2.45, 2.75) is 84.0 Å². The molecule has 0 radical (unpaired) electrons. The first-order chi connectivity index (χ1) is 10.5. The van der Waals surface area contributed by atoms with E-state index in [2.05, 4.69) is 10.6 Å². The monoisotopic (exact) mass is 327 g/mol. The van der Waals surface area contributed by atoms with Crippen molar-refractivity contribution in [2.24, 2.45) is 17.6 Å². The summed E-state index contributed by atoms with van der Waals surface area (Å²) >= 11 is 0. The molecule has 0 bridgehead atoms. The maximum absolute atomic E-state index is 12.4. The molecule has 0 spiro atoms. The van der Waals surface area contributed by atoms with Crippen LogP contribution in [0.25, 0.3) is 0 Å². The van der Waals surface area contributed by atoms with Gasteiger partial charge in [0.1, 0.15) is 6.04 Å². The number of hydrogen-bond donors (Lipinski definition) is 4. The largest absolute Gasteiger partial charge is 0.391 e. The van der Waals surface area contributed by atoms with Gasteiger partial charge in [-0.1, -0.05) is 13.8 Å². The van der Waals surface area contributed by atoms with Gasteiger partial charge in [0.2, 0.25) is 11.8 Å². The molecule has 0 aromatic rings. The maximum atomic E-state index is 12.4. The van der Waals surface area contributed by atoms with Gasteiger partial charge in [0, 0.05) is 18.0 Å². The Hall–Kier alpha value is -1.14. The number of nitrogens with one attached hydrogen (secondary N) is 2. The van der Waals surface area contributed by atoms with Gasteiger partial charge in [0.05, 0.1) is 6.10 Å². The van der Waals surface area contributed by atoms with E-state index in [1.54, 1.807) is 0 Å². The molecule has 4 atom stereocenters. The van der Waals surface area contributed by atoms with E-state index in [0.29, 0.717) is 6.42 Å². The van der Waals surface area contributed by atoms with Crippen LogP contribution in [0.15, 0.2) is 0 Å². The van der Waals surface area contributed by atoms with E-state index in [-0.39, 0.29) is 41.7 Å². The van der Waals surface area contributed by atoms with Gasteiger partial charge in [-0.25, -0.2) is 0 Å². The summed E-state index contributed by atoms with van der Waals surface area (Å²) in [5.41, 5.74) is 5.44. The molecule has 2 amide bonds. The summed E-state index contributed by atoms with van der Waals surface area (Å²) in [4.78, 5) is 24.7. The van der Waals surface area contributed by atoms with Crippen LogP contribution in [0, 0.1) is 11.8 Å².